The molecule has 128 valence electrons. The lowest BCUT2D eigenvalue weighted by molar-refractivity contribution is -1.01. The minimum absolute atomic E-state index is 0.245. The van der Waals surface area contributed by atoms with E-state index in [1.54, 1.807) is 6.07 Å². The molecule has 2 aliphatic heterocycles. The number of hydrogen-bond donors (Lipinski definition) is 4. The van der Waals surface area contributed by atoms with E-state index in [4.69, 9.17) is 19.3 Å². The van der Waals surface area contributed by atoms with Crippen molar-refractivity contribution in [2.45, 2.75) is 6.10 Å². The smallest absolute Gasteiger partial charge is 0.231 e. The van der Waals surface area contributed by atoms with Gasteiger partial charge in [-0.05, 0) is 12.1 Å². The highest BCUT2D eigenvalue weighted by molar-refractivity contribution is 5.46. The van der Waals surface area contributed by atoms with Crippen LogP contribution in [0.2, 0.25) is 0 Å². The fraction of sp³-hybridized carbons (Fsp3) is 0.625. The van der Waals surface area contributed by atoms with Crippen LogP contribution in [0.25, 0.3) is 0 Å². The number of quaternary nitrogens is 2. The number of hydrogen-bond acceptors (Lipinski definition) is 5. The number of aliphatic hydroxyl groups is 2. The Bertz CT molecular complexity index is 505. The molecular formula is C16H26N2O5+2. The lowest BCUT2D eigenvalue weighted by atomic mass is 10.2. The van der Waals surface area contributed by atoms with E-state index in [9.17, 15) is 5.11 Å². The van der Waals surface area contributed by atoms with Gasteiger partial charge in [0.05, 0.1) is 6.61 Å². The highest BCUT2D eigenvalue weighted by Crippen LogP contribution is 2.35. The fourth-order valence-corrected chi connectivity index (χ4v) is 3.12. The molecule has 2 heterocycles. The minimum Gasteiger partial charge on any atom is -0.491 e. The SMILES string of the molecule is OCC[NH+]1CC[NH+](C[C@@H](O)COc2ccc3c(c2)OCO3)CC1. The van der Waals surface area contributed by atoms with Crippen molar-refractivity contribution in [2.75, 3.05) is 59.3 Å². The van der Waals surface area contributed by atoms with Gasteiger partial charge in [0, 0.05) is 6.07 Å². The van der Waals surface area contributed by atoms with Crippen LogP contribution in [0.3, 0.4) is 0 Å². The maximum Gasteiger partial charge on any atom is 0.231 e. The maximum absolute atomic E-state index is 10.2. The molecule has 7 heteroatoms. The molecular weight excluding hydrogens is 300 g/mol. The molecule has 0 spiro atoms. The van der Waals surface area contributed by atoms with E-state index < -0.39 is 6.10 Å². The van der Waals surface area contributed by atoms with Crippen molar-refractivity contribution in [3.63, 3.8) is 0 Å². The lowest BCUT2D eigenvalue weighted by Gasteiger charge is -2.30. The zero-order valence-corrected chi connectivity index (χ0v) is 13.3. The van der Waals surface area contributed by atoms with E-state index >= 15 is 0 Å². The quantitative estimate of drug-likeness (QED) is 0.428. The molecule has 0 aromatic heterocycles. The molecule has 0 unspecified atom stereocenters. The third kappa shape index (κ3) is 4.48. The zero-order valence-electron chi connectivity index (χ0n) is 13.3. The number of benzene rings is 1. The molecule has 7 nitrogen and oxygen atoms in total. The summed E-state index contributed by atoms with van der Waals surface area (Å²) in [6.07, 6.45) is -0.491. The van der Waals surface area contributed by atoms with Crippen LogP contribution in [-0.4, -0.2) is 75.6 Å². The van der Waals surface area contributed by atoms with Crippen molar-refractivity contribution < 1.29 is 34.2 Å². The van der Waals surface area contributed by atoms with E-state index in [2.05, 4.69) is 0 Å². The Balaban J connectivity index is 1.39. The van der Waals surface area contributed by atoms with Crippen molar-refractivity contribution in [2.24, 2.45) is 0 Å². The molecule has 4 N–H and O–H groups in total. The molecule has 2 aliphatic rings. The predicted molar refractivity (Wildman–Crippen MR) is 82.3 cm³/mol. The summed E-state index contributed by atoms with van der Waals surface area (Å²) in [6.45, 7) is 6.42. The molecule has 1 aromatic carbocycles. The molecule has 0 aliphatic carbocycles. The van der Waals surface area contributed by atoms with E-state index in [0.29, 0.717) is 18.0 Å². The van der Waals surface area contributed by atoms with Gasteiger partial charge in [-0.2, -0.15) is 0 Å². The first-order valence-electron chi connectivity index (χ1n) is 8.23. The standard InChI is InChI=1S/C16H24N2O5/c19-8-7-17-3-5-18(6-4-17)10-13(20)11-21-14-1-2-15-16(9-14)23-12-22-15/h1-2,9,13,19-20H,3-8,10-12H2/p+2/t13-/m1/s1. The average molecular weight is 326 g/mol. The van der Waals surface area contributed by atoms with Gasteiger partial charge >= 0.3 is 0 Å². The molecule has 1 atom stereocenters. The summed E-state index contributed by atoms with van der Waals surface area (Å²) in [7, 11) is 0. The van der Waals surface area contributed by atoms with Gasteiger partial charge < -0.3 is 34.2 Å². The van der Waals surface area contributed by atoms with Crippen LogP contribution in [0.15, 0.2) is 18.2 Å². The van der Waals surface area contributed by atoms with Crippen molar-refractivity contribution in [3.05, 3.63) is 18.2 Å². The van der Waals surface area contributed by atoms with Crippen molar-refractivity contribution >= 4 is 0 Å². The molecule has 0 amide bonds. The van der Waals surface area contributed by atoms with Gasteiger partial charge in [-0.15, -0.1) is 0 Å². The van der Waals surface area contributed by atoms with Crippen LogP contribution in [0.5, 0.6) is 17.2 Å². The van der Waals surface area contributed by atoms with Gasteiger partial charge in [0.1, 0.15) is 57.7 Å². The van der Waals surface area contributed by atoms with Gasteiger partial charge in [-0.3, -0.25) is 0 Å². The Morgan fingerprint density at radius 3 is 2.61 bits per heavy atom. The molecule has 1 fully saturated rings. The normalized spacial score (nSPS) is 24.4. The van der Waals surface area contributed by atoms with E-state index in [1.807, 2.05) is 12.1 Å². The third-order valence-corrected chi connectivity index (χ3v) is 4.44. The highest BCUT2D eigenvalue weighted by Gasteiger charge is 2.24. The number of aliphatic hydroxyl groups excluding tert-OH is 2. The van der Waals surface area contributed by atoms with E-state index in [1.165, 1.54) is 9.80 Å². The number of ether oxygens (including phenoxy) is 3. The first kappa shape index (κ1) is 16.3. The fourth-order valence-electron chi connectivity index (χ4n) is 3.12. The van der Waals surface area contributed by atoms with Crippen LogP contribution in [0.4, 0.5) is 0 Å². The number of fused-ring (bicyclic) bond motifs is 1. The largest absolute Gasteiger partial charge is 0.491 e. The second kappa shape index (κ2) is 7.83. The second-order valence-corrected chi connectivity index (χ2v) is 6.16. The van der Waals surface area contributed by atoms with Gasteiger partial charge in [0.15, 0.2) is 11.5 Å². The zero-order chi connectivity index (χ0) is 16.1. The monoisotopic (exact) mass is 326 g/mol. The lowest BCUT2D eigenvalue weighted by Crippen LogP contribution is -3.28. The summed E-state index contributed by atoms with van der Waals surface area (Å²) in [4.78, 5) is 2.84. The average Bonchev–Trinajstić information content (AvgIpc) is 3.03. The number of piperazine rings is 1. The number of nitrogens with one attached hydrogen (secondary N) is 2. The van der Waals surface area contributed by atoms with Gasteiger partial charge in [0.2, 0.25) is 6.79 Å². The van der Waals surface area contributed by atoms with Crippen LogP contribution < -0.4 is 24.0 Å². The summed E-state index contributed by atoms with van der Waals surface area (Å²) >= 11 is 0. The molecule has 0 radical (unpaired) electrons. The summed E-state index contributed by atoms with van der Waals surface area (Å²) in [5.41, 5.74) is 0. The molecule has 3 rings (SSSR count). The van der Waals surface area contributed by atoms with Crippen molar-refractivity contribution in [1.82, 2.24) is 0 Å². The van der Waals surface area contributed by atoms with Gasteiger partial charge in [-0.1, -0.05) is 0 Å². The van der Waals surface area contributed by atoms with Gasteiger partial charge in [0.25, 0.3) is 0 Å². The van der Waals surface area contributed by atoms with Crippen LogP contribution in [0, 0.1) is 0 Å². The Morgan fingerprint density at radius 2 is 1.83 bits per heavy atom. The molecule has 1 saturated heterocycles. The van der Waals surface area contributed by atoms with Crippen molar-refractivity contribution in [3.8, 4) is 17.2 Å². The minimum atomic E-state index is -0.491. The topological polar surface area (TPSA) is 77.0 Å². The van der Waals surface area contributed by atoms with Crippen LogP contribution in [0.1, 0.15) is 0 Å². The summed E-state index contributed by atoms with van der Waals surface area (Å²) < 4.78 is 16.2. The second-order valence-electron chi connectivity index (χ2n) is 6.16. The molecule has 0 bridgehead atoms. The van der Waals surface area contributed by atoms with Crippen molar-refractivity contribution in [1.29, 1.82) is 0 Å². The Kier molecular flexibility index (Phi) is 5.56. The van der Waals surface area contributed by atoms with Gasteiger partial charge in [-0.25, -0.2) is 0 Å². The Hall–Kier alpha value is -1.54. The van der Waals surface area contributed by atoms with Crippen LogP contribution >= 0.6 is 0 Å². The first-order valence-corrected chi connectivity index (χ1v) is 8.23. The maximum atomic E-state index is 10.2. The van der Waals surface area contributed by atoms with Crippen LogP contribution in [-0.2, 0) is 0 Å². The van der Waals surface area contributed by atoms with E-state index in [0.717, 1.165) is 38.5 Å². The third-order valence-electron chi connectivity index (χ3n) is 4.44. The molecule has 0 saturated carbocycles. The summed E-state index contributed by atoms with van der Waals surface area (Å²) in [6, 6.07) is 5.43. The predicted octanol–water partition coefficient (Wildman–Crippen LogP) is -3.07. The Labute approximate surface area is 136 Å². The highest BCUT2D eigenvalue weighted by atomic mass is 16.7. The molecule has 1 aromatic rings. The summed E-state index contributed by atoms with van der Waals surface area (Å²) in [5, 5.41) is 19.1. The van der Waals surface area contributed by atoms with E-state index in [-0.39, 0.29) is 20.0 Å². The number of rotatable bonds is 7. The Morgan fingerprint density at radius 1 is 1.09 bits per heavy atom. The molecule has 23 heavy (non-hydrogen) atoms. The summed E-state index contributed by atoms with van der Waals surface area (Å²) in [5.74, 6) is 2.09. The first-order chi connectivity index (χ1) is 11.2.